The van der Waals surface area contributed by atoms with E-state index in [1.165, 1.54) is 12.1 Å². The molecule has 0 spiro atoms. The van der Waals surface area contributed by atoms with Gasteiger partial charge in [-0.15, -0.1) is 0 Å². The SMILES string of the molecule is CCCNCc1cccnc1N(C)c1cccc(F)c1. The number of pyridine rings is 1. The highest BCUT2D eigenvalue weighted by atomic mass is 19.1. The molecule has 4 heteroatoms. The summed E-state index contributed by atoms with van der Waals surface area (Å²) in [6, 6.07) is 10.5. The molecule has 106 valence electrons. The molecule has 1 aromatic heterocycles. The molecule has 0 saturated carbocycles. The van der Waals surface area contributed by atoms with E-state index in [0.717, 1.165) is 36.6 Å². The van der Waals surface area contributed by atoms with Gasteiger partial charge >= 0.3 is 0 Å². The molecule has 0 amide bonds. The van der Waals surface area contributed by atoms with Crippen LogP contribution >= 0.6 is 0 Å². The van der Waals surface area contributed by atoms with E-state index in [1.54, 1.807) is 12.3 Å². The molecule has 1 aromatic carbocycles. The Morgan fingerprint density at radius 1 is 1.25 bits per heavy atom. The van der Waals surface area contributed by atoms with Crippen molar-refractivity contribution >= 4 is 11.5 Å². The number of aromatic nitrogens is 1. The third kappa shape index (κ3) is 3.54. The fourth-order valence-corrected chi connectivity index (χ4v) is 2.08. The van der Waals surface area contributed by atoms with E-state index >= 15 is 0 Å². The van der Waals surface area contributed by atoms with Crippen molar-refractivity contribution in [2.75, 3.05) is 18.5 Å². The second kappa shape index (κ2) is 7.01. The number of hydrogen-bond donors (Lipinski definition) is 1. The van der Waals surface area contributed by atoms with Crippen molar-refractivity contribution in [2.24, 2.45) is 0 Å². The zero-order valence-electron chi connectivity index (χ0n) is 11.9. The van der Waals surface area contributed by atoms with Gasteiger partial charge in [-0.25, -0.2) is 9.37 Å². The normalized spacial score (nSPS) is 10.6. The molecular formula is C16H20FN3. The minimum atomic E-state index is -0.240. The molecule has 1 N–H and O–H groups in total. The summed E-state index contributed by atoms with van der Waals surface area (Å²) in [5.74, 6) is 0.609. The summed E-state index contributed by atoms with van der Waals surface area (Å²) in [5.41, 5.74) is 1.90. The second-order valence-electron chi connectivity index (χ2n) is 4.70. The summed E-state index contributed by atoms with van der Waals surface area (Å²) in [4.78, 5) is 6.34. The van der Waals surface area contributed by atoms with Gasteiger partial charge in [-0.2, -0.15) is 0 Å². The molecular weight excluding hydrogens is 253 g/mol. The fourth-order valence-electron chi connectivity index (χ4n) is 2.08. The molecule has 0 fully saturated rings. The molecule has 0 aliphatic heterocycles. The Hall–Kier alpha value is -1.94. The molecule has 0 atom stereocenters. The van der Waals surface area contributed by atoms with Gasteiger partial charge < -0.3 is 10.2 Å². The number of benzene rings is 1. The zero-order chi connectivity index (χ0) is 14.4. The topological polar surface area (TPSA) is 28.2 Å². The van der Waals surface area contributed by atoms with Crippen LogP contribution in [-0.2, 0) is 6.54 Å². The average Bonchev–Trinajstić information content (AvgIpc) is 2.47. The lowest BCUT2D eigenvalue weighted by molar-refractivity contribution is 0.628. The van der Waals surface area contributed by atoms with Gasteiger partial charge in [0.2, 0.25) is 0 Å². The highest BCUT2D eigenvalue weighted by molar-refractivity contribution is 5.61. The van der Waals surface area contributed by atoms with Crippen LogP contribution < -0.4 is 10.2 Å². The van der Waals surface area contributed by atoms with E-state index in [-0.39, 0.29) is 5.82 Å². The third-order valence-corrected chi connectivity index (χ3v) is 3.12. The maximum Gasteiger partial charge on any atom is 0.137 e. The monoisotopic (exact) mass is 273 g/mol. The van der Waals surface area contributed by atoms with Gasteiger partial charge in [-0.1, -0.05) is 19.1 Å². The lowest BCUT2D eigenvalue weighted by Gasteiger charge is -2.21. The highest BCUT2D eigenvalue weighted by Crippen LogP contribution is 2.25. The van der Waals surface area contributed by atoms with Crippen molar-refractivity contribution in [2.45, 2.75) is 19.9 Å². The smallest absolute Gasteiger partial charge is 0.137 e. The Labute approximate surface area is 119 Å². The standard InChI is InChI=1S/C16H20FN3/c1-3-9-18-12-13-6-5-10-19-16(13)20(2)15-8-4-7-14(17)11-15/h4-8,10-11,18H,3,9,12H2,1-2H3. The van der Waals surface area contributed by atoms with Crippen LogP contribution in [0, 0.1) is 5.82 Å². The molecule has 1 heterocycles. The summed E-state index contributed by atoms with van der Waals surface area (Å²) >= 11 is 0. The Morgan fingerprint density at radius 2 is 2.10 bits per heavy atom. The molecule has 20 heavy (non-hydrogen) atoms. The Kier molecular flexibility index (Phi) is 5.07. The zero-order valence-corrected chi connectivity index (χ0v) is 11.9. The van der Waals surface area contributed by atoms with Crippen molar-refractivity contribution < 1.29 is 4.39 Å². The van der Waals surface area contributed by atoms with Crippen molar-refractivity contribution in [3.63, 3.8) is 0 Å². The minimum Gasteiger partial charge on any atom is -0.329 e. The van der Waals surface area contributed by atoms with Crippen LogP contribution in [-0.4, -0.2) is 18.6 Å². The van der Waals surface area contributed by atoms with Crippen molar-refractivity contribution in [3.8, 4) is 0 Å². The number of anilines is 2. The van der Waals surface area contributed by atoms with Gasteiger partial charge in [0.1, 0.15) is 11.6 Å². The number of nitrogens with zero attached hydrogens (tertiary/aromatic N) is 2. The minimum absolute atomic E-state index is 0.240. The van der Waals surface area contributed by atoms with Gasteiger partial charge in [0.15, 0.2) is 0 Å². The number of nitrogens with one attached hydrogen (secondary N) is 1. The first-order valence-corrected chi connectivity index (χ1v) is 6.86. The van der Waals surface area contributed by atoms with Crippen molar-refractivity contribution in [1.29, 1.82) is 0 Å². The quantitative estimate of drug-likeness (QED) is 0.817. The lowest BCUT2D eigenvalue weighted by atomic mass is 10.2. The van der Waals surface area contributed by atoms with Crippen molar-refractivity contribution in [1.82, 2.24) is 10.3 Å². The van der Waals surface area contributed by atoms with Crippen molar-refractivity contribution in [3.05, 3.63) is 54.0 Å². The predicted octanol–water partition coefficient (Wildman–Crippen LogP) is 3.49. The van der Waals surface area contributed by atoms with Crippen LogP contribution in [0.1, 0.15) is 18.9 Å². The van der Waals surface area contributed by atoms with Crippen LogP contribution in [0.3, 0.4) is 0 Å². The Bertz CT molecular complexity index is 557. The summed E-state index contributed by atoms with van der Waals surface area (Å²) in [7, 11) is 1.90. The van der Waals surface area contributed by atoms with Gasteiger partial charge in [0, 0.05) is 31.0 Å². The summed E-state index contributed by atoms with van der Waals surface area (Å²) in [6.07, 6.45) is 2.85. The molecule has 0 aliphatic rings. The van der Waals surface area contributed by atoms with Crippen LogP contribution in [0.2, 0.25) is 0 Å². The summed E-state index contributed by atoms with van der Waals surface area (Å²) in [5, 5.41) is 3.37. The van der Waals surface area contributed by atoms with Crippen LogP contribution in [0.5, 0.6) is 0 Å². The van der Waals surface area contributed by atoms with E-state index in [0.29, 0.717) is 0 Å². The van der Waals surface area contributed by atoms with E-state index in [9.17, 15) is 4.39 Å². The van der Waals surface area contributed by atoms with Gasteiger partial charge in [0.25, 0.3) is 0 Å². The molecule has 0 radical (unpaired) electrons. The Balaban J connectivity index is 2.23. The van der Waals surface area contributed by atoms with Crippen LogP contribution in [0.25, 0.3) is 0 Å². The van der Waals surface area contributed by atoms with E-state index < -0.39 is 0 Å². The molecule has 2 rings (SSSR count). The number of rotatable bonds is 6. The fraction of sp³-hybridized carbons (Fsp3) is 0.312. The Morgan fingerprint density at radius 3 is 2.85 bits per heavy atom. The van der Waals surface area contributed by atoms with E-state index in [2.05, 4.69) is 17.2 Å². The van der Waals surface area contributed by atoms with Crippen LogP contribution in [0.4, 0.5) is 15.9 Å². The first kappa shape index (κ1) is 14.5. The average molecular weight is 273 g/mol. The lowest BCUT2D eigenvalue weighted by Crippen LogP contribution is -2.19. The number of halogens is 1. The first-order chi connectivity index (χ1) is 9.72. The van der Waals surface area contributed by atoms with E-state index in [4.69, 9.17) is 0 Å². The third-order valence-electron chi connectivity index (χ3n) is 3.12. The molecule has 0 unspecified atom stereocenters. The van der Waals surface area contributed by atoms with Gasteiger partial charge in [0.05, 0.1) is 0 Å². The maximum atomic E-state index is 13.3. The first-order valence-electron chi connectivity index (χ1n) is 6.86. The van der Waals surface area contributed by atoms with Gasteiger partial charge in [-0.05, 0) is 37.2 Å². The van der Waals surface area contributed by atoms with E-state index in [1.807, 2.05) is 30.1 Å². The molecule has 3 nitrogen and oxygen atoms in total. The second-order valence-corrected chi connectivity index (χ2v) is 4.70. The summed E-state index contributed by atoms with van der Waals surface area (Å²) in [6.45, 7) is 3.87. The maximum absolute atomic E-state index is 13.3. The molecule has 0 bridgehead atoms. The van der Waals surface area contributed by atoms with Gasteiger partial charge in [-0.3, -0.25) is 0 Å². The number of hydrogen-bond acceptors (Lipinski definition) is 3. The molecule has 2 aromatic rings. The molecule has 0 aliphatic carbocycles. The van der Waals surface area contributed by atoms with Crippen LogP contribution in [0.15, 0.2) is 42.6 Å². The largest absolute Gasteiger partial charge is 0.329 e. The predicted molar refractivity (Wildman–Crippen MR) is 80.7 cm³/mol. The highest BCUT2D eigenvalue weighted by Gasteiger charge is 2.10. The molecule has 0 saturated heterocycles. The summed E-state index contributed by atoms with van der Waals surface area (Å²) < 4.78 is 13.3.